The van der Waals surface area contributed by atoms with Gasteiger partial charge in [0.2, 0.25) is 0 Å². The average Bonchev–Trinajstić information content (AvgIpc) is 2.80. The molecule has 2 aromatic rings. The van der Waals surface area contributed by atoms with Crippen LogP contribution in [0.5, 0.6) is 0 Å². The third-order valence-electron chi connectivity index (χ3n) is 3.30. The number of nitrogen functional groups attached to an aromatic ring is 1. The minimum Gasteiger partial charge on any atom is -0.396 e. The van der Waals surface area contributed by atoms with Crippen molar-refractivity contribution >= 4 is 28.1 Å². The van der Waals surface area contributed by atoms with Crippen molar-refractivity contribution in [2.45, 2.75) is 5.92 Å². The molecule has 1 fully saturated rings. The molecule has 2 heterocycles. The van der Waals surface area contributed by atoms with Crippen molar-refractivity contribution in [2.75, 3.05) is 24.1 Å². The first kappa shape index (κ1) is 13.9. The normalized spacial score (nSPS) is 14.8. The number of halogens is 2. The molecule has 1 aromatic carbocycles. The number of carbonyl (C=O) groups is 1. The van der Waals surface area contributed by atoms with Gasteiger partial charge in [0.05, 0.1) is 5.69 Å². The minimum atomic E-state index is -0.869. The van der Waals surface area contributed by atoms with Crippen LogP contribution in [0.2, 0.25) is 0 Å². The van der Waals surface area contributed by atoms with E-state index >= 15 is 0 Å². The Bertz CT molecular complexity index is 699. The van der Waals surface area contributed by atoms with Crippen LogP contribution in [0.3, 0.4) is 0 Å². The Morgan fingerprint density at radius 3 is 2.76 bits per heavy atom. The van der Waals surface area contributed by atoms with Gasteiger partial charge in [0, 0.05) is 30.1 Å². The van der Waals surface area contributed by atoms with E-state index in [-0.39, 0.29) is 0 Å². The Morgan fingerprint density at radius 1 is 1.38 bits per heavy atom. The monoisotopic (exact) mass is 310 g/mol. The van der Waals surface area contributed by atoms with Crippen molar-refractivity contribution in [3.8, 4) is 0 Å². The highest BCUT2D eigenvalue weighted by Gasteiger charge is 2.23. The fourth-order valence-electron chi connectivity index (χ4n) is 1.98. The van der Waals surface area contributed by atoms with Gasteiger partial charge in [-0.1, -0.05) is 0 Å². The first-order valence-electron chi connectivity index (χ1n) is 6.27. The van der Waals surface area contributed by atoms with Crippen molar-refractivity contribution in [3.63, 3.8) is 0 Å². The van der Waals surface area contributed by atoms with Crippen LogP contribution < -0.4 is 16.4 Å². The van der Waals surface area contributed by atoms with Crippen molar-refractivity contribution in [3.05, 3.63) is 40.4 Å². The fourth-order valence-corrected chi connectivity index (χ4v) is 2.89. The molecule has 0 atom stereocenters. The van der Waals surface area contributed by atoms with E-state index in [0.717, 1.165) is 30.1 Å². The summed E-state index contributed by atoms with van der Waals surface area (Å²) in [6, 6.07) is 1.75. The zero-order chi connectivity index (χ0) is 15.0. The number of thiazole rings is 1. The Labute approximate surface area is 123 Å². The van der Waals surface area contributed by atoms with Gasteiger partial charge in [0.1, 0.15) is 17.2 Å². The van der Waals surface area contributed by atoms with Crippen LogP contribution in [-0.2, 0) is 0 Å². The predicted molar refractivity (Wildman–Crippen MR) is 76.4 cm³/mol. The van der Waals surface area contributed by atoms with Crippen LogP contribution >= 0.6 is 11.3 Å². The topological polar surface area (TPSA) is 80.0 Å². The smallest absolute Gasteiger partial charge is 0.262 e. The van der Waals surface area contributed by atoms with Gasteiger partial charge < -0.3 is 11.1 Å². The highest BCUT2D eigenvalue weighted by Crippen LogP contribution is 2.29. The number of hydrogen-bond donors (Lipinski definition) is 3. The third-order valence-corrected chi connectivity index (χ3v) is 4.37. The second kappa shape index (κ2) is 5.38. The Morgan fingerprint density at radius 2 is 2.10 bits per heavy atom. The van der Waals surface area contributed by atoms with E-state index in [4.69, 9.17) is 5.73 Å². The van der Waals surface area contributed by atoms with Crippen molar-refractivity contribution in [1.29, 1.82) is 0 Å². The molecule has 1 aromatic heterocycles. The predicted octanol–water partition coefficient (Wildman–Crippen LogP) is 1.94. The van der Waals surface area contributed by atoms with Gasteiger partial charge in [-0.3, -0.25) is 10.1 Å². The maximum atomic E-state index is 13.6. The summed E-state index contributed by atoms with van der Waals surface area (Å²) in [7, 11) is 0. The first-order valence-corrected chi connectivity index (χ1v) is 7.09. The molecule has 8 heteroatoms. The molecule has 1 aliphatic rings. The summed E-state index contributed by atoms with van der Waals surface area (Å²) in [5.74, 6) is -2.12. The number of nitrogens with two attached hydrogens (primary N) is 1. The maximum absolute atomic E-state index is 13.6. The third kappa shape index (κ3) is 2.59. The van der Waals surface area contributed by atoms with Gasteiger partial charge in [0.25, 0.3) is 5.91 Å². The number of amides is 1. The molecule has 3 rings (SSSR count). The molecule has 5 nitrogen and oxygen atoms in total. The molecule has 0 bridgehead atoms. The molecule has 0 unspecified atom stereocenters. The lowest BCUT2D eigenvalue weighted by molar-refractivity contribution is 0.102. The first-order chi connectivity index (χ1) is 10.1. The number of nitrogens with one attached hydrogen (secondary N) is 2. The van der Waals surface area contributed by atoms with E-state index < -0.39 is 28.8 Å². The van der Waals surface area contributed by atoms with E-state index in [9.17, 15) is 13.6 Å². The molecule has 0 saturated carbocycles. The summed E-state index contributed by atoms with van der Waals surface area (Å²) in [6.07, 6.45) is 1.68. The molecular weight excluding hydrogens is 298 g/mol. The van der Waals surface area contributed by atoms with Crippen LogP contribution in [0, 0.1) is 11.6 Å². The number of aromatic nitrogens is 1. The standard InChI is InChI=1S/C13H12F2N4OS/c14-7-1-2-8(15)11(16)10(7)12(20)19-13-18-5-9(21-13)6-3-17-4-6/h1-2,5-6,17H,3-4,16H2,(H,18,19,20). The number of anilines is 2. The van der Waals surface area contributed by atoms with E-state index in [1.807, 2.05) is 0 Å². The average molecular weight is 310 g/mol. The summed E-state index contributed by atoms with van der Waals surface area (Å²) in [6.45, 7) is 1.75. The summed E-state index contributed by atoms with van der Waals surface area (Å²) >= 11 is 1.32. The van der Waals surface area contributed by atoms with Crippen LogP contribution in [0.15, 0.2) is 18.3 Å². The second-order valence-electron chi connectivity index (χ2n) is 4.69. The molecular formula is C13H12F2N4OS. The Kier molecular flexibility index (Phi) is 3.56. The maximum Gasteiger partial charge on any atom is 0.262 e. The Hall–Kier alpha value is -2.06. The van der Waals surface area contributed by atoms with Crippen molar-refractivity contribution in [2.24, 2.45) is 0 Å². The van der Waals surface area contributed by atoms with Gasteiger partial charge in [-0.2, -0.15) is 0 Å². The van der Waals surface area contributed by atoms with Gasteiger partial charge in [0.15, 0.2) is 5.13 Å². The van der Waals surface area contributed by atoms with Gasteiger partial charge in [-0.15, -0.1) is 11.3 Å². The molecule has 0 radical (unpaired) electrons. The number of rotatable bonds is 3. The number of benzene rings is 1. The highest BCUT2D eigenvalue weighted by atomic mass is 32.1. The number of hydrogen-bond acceptors (Lipinski definition) is 5. The molecule has 0 spiro atoms. The molecule has 0 aliphatic carbocycles. The molecule has 21 heavy (non-hydrogen) atoms. The molecule has 110 valence electrons. The van der Waals surface area contributed by atoms with Gasteiger partial charge in [-0.05, 0) is 12.1 Å². The lowest BCUT2D eigenvalue weighted by atomic mass is 10.0. The van der Waals surface area contributed by atoms with E-state index in [1.54, 1.807) is 6.20 Å². The van der Waals surface area contributed by atoms with Crippen LogP contribution in [0.25, 0.3) is 0 Å². The Balaban J connectivity index is 1.80. The quantitative estimate of drug-likeness (QED) is 0.757. The lowest BCUT2D eigenvalue weighted by Gasteiger charge is -2.25. The number of nitrogens with zero attached hydrogens (tertiary/aromatic N) is 1. The second-order valence-corrected chi connectivity index (χ2v) is 5.76. The van der Waals surface area contributed by atoms with Crippen molar-refractivity contribution < 1.29 is 13.6 Å². The minimum absolute atomic E-state index is 0.338. The van der Waals surface area contributed by atoms with E-state index in [1.165, 1.54) is 11.3 Å². The van der Waals surface area contributed by atoms with E-state index in [2.05, 4.69) is 15.6 Å². The number of carbonyl (C=O) groups excluding carboxylic acids is 1. The zero-order valence-electron chi connectivity index (χ0n) is 10.8. The summed E-state index contributed by atoms with van der Waals surface area (Å²) < 4.78 is 27.0. The van der Waals surface area contributed by atoms with Gasteiger partial charge >= 0.3 is 0 Å². The largest absolute Gasteiger partial charge is 0.396 e. The highest BCUT2D eigenvalue weighted by molar-refractivity contribution is 7.15. The fraction of sp³-hybridized carbons (Fsp3) is 0.231. The van der Waals surface area contributed by atoms with Crippen LogP contribution in [0.4, 0.5) is 19.6 Å². The van der Waals surface area contributed by atoms with Crippen LogP contribution in [-0.4, -0.2) is 24.0 Å². The lowest BCUT2D eigenvalue weighted by Crippen LogP contribution is -2.39. The summed E-state index contributed by atoms with van der Waals surface area (Å²) in [4.78, 5) is 17.1. The van der Waals surface area contributed by atoms with Crippen LogP contribution in [0.1, 0.15) is 21.2 Å². The summed E-state index contributed by atoms with van der Waals surface area (Å²) in [5.41, 5.74) is 4.41. The summed E-state index contributed by atoms with van der Waals surface area (Å²) in [5, 5.41) is 5.93. The zero-order valence-corrected chi connectivity index (χ0v) is 11.6. The molecule has 1 aliphatic heterocycles. The van der Waals surface area contributed by atoms with Crippen molar-refractivity contribution in [1.82, 2.24) is 10.3 Å². The molecule has 1 saturated heterocycles. The molecule has 4 N–H and O–H groups in total. The molecule has 1 amide bonds. The van der Waals surface area contributed by atoms with Gasteiger partial charge in [-0.25, -0.2) is 13.8 Å². The SMILES string of the molecule is Nc1c(F)ccc(F)c1C(=O)Nc1ncc(C2CNC2)s1. The van der Waals surface area contributed by atoms with E-state index in [0.29, 0.717) is 11.0 Å².